The normalized spacial score (nSPS) is 11.6. The van der Waals surface area contributed by atoms with Gasteiger partial charge in [0, 0.05) is 48.3 Å². The molecule has 0 atom stereocenters. The van der Waals surface area contributed by atoms with Crippen LogP contribution in [0, 0.1) is 0 Å². The Kier molecular flexibility index (Phi) is 9.42. The fourth-order valence-electron chi connectivity index (χ4n) is 2.49. The van der Waals surface area contributed by atoms with Gasteiger partial charge in [-0.15, -0.1) is 24.0 Å². The fraction of sp³-hybridized carbons (Fsp3) is 0.368. The molecule has 0 saturated carbocycles. The number of halogens is 2. The largest absolute Gasteiger partial charge is 0.356 e. The van der Waals surface area contributed by atoms with Crippen molar-refractivity contribution in [1.29, 1.82) is 0 Å². The Hall–Kier alpha value is -1.15. The zero-order valence-corrected chi connectivity index (χ0v) is 18.8. The van der Waals surface area contributed by atoms with Crippen LogP contribution >= 0.6 is 39.9 Å². The van der Waals surface area contributed by atoms with Gasteiger partial charge in [-0.3, -0.25) is 9.98 Å². The van der Waals surface area contributed by atoms with E-state index in [0.717, 1.165) is 35.6 Å². The van der Waals surface area contributed by atoms with Gasteiger partial charge in [0.25, 0.3) is 0 Å². The molecule has 0 aliphatic rings. The molecule has 0 fully saturated rings. The zero-order valence-electron chi connectivity index (χ0n) is 14.9. The maximum absolute atomic E-state index is 4.33. The summed E-state index contributed by atoms with van der Waals surface area (Å²) in [6, 6.07) is 14.3. The van der Waals surface area contributed by atoms with E-state index in [4.69, 9.17) is 0 Å². The molecular formula is C19H26BrIN4. The Morgan fingerprint density at radius 3 is 2.48 bits per heavy atom. The first-order valence-electron chi connectivity index (χ1n) is 8.12. The van der Waals surface area contributed by atoms with Gasteiger partial charge in [-0.2, -0.15) is 0 Å². The van der Waals surface area contributed by atoms with E-state index >= 15 is 0 Å². The lowest BCUT2D eigenvalue weighted by Gasteiger charge is -2.27. The number of aliphatic imine (C=N–C) groups is 1. The van der Waals surface area contributed by atoms with Gasteiger partial charge >= 0.3 is 0 Å². The van der Waals surface area contributed by atoms with Crippen LogP contribution < -0.4 is 10.6 Å². The average Bonchev–Trinajstić information content (AvgIpc) is 2.59. The minimum atomic E-state index is -0.0152. The molecule has 0 radical (unpaired) electrons. The van der Waals surface area contributed by atoms with Gasteiger partial charge in [0.1, 0.15) is 0 Å². The van der Waals surface area contributed by atoms with Crippen molar-refractivity contribution in [1.82, 2.24) is 15.6 Å². The molecule has 2 aromatic rings. The number of benzene rings is 1. The van der Waals surface area contributed by atoms with Crippen molar-refractivity contribution in [2.24, 2.45) is 4.99 Å². The van der Waals surface area contributed by atoms with Crippen LogP contribution in [0.15, 0.2) is 58.1 Å². The molecule has 0 bridgehead atoms. The number of nitrogens with one attached hydrogen (secondary N) is 2. The van der Waals surface area contributed by atoms with E-state index < -0.39 is 0 Å². The molecule has 2 rings (SSSR count). The molecule has 136 valence electrons. The lowest BCUT2D eigenvalue weighted by Crippen LogP contribution is -2.44. The van der Waals surface area contributed by atoms with Crippen molar-refractivity contribution in [2.75, 3.05) is 20.1 Å². The Labute approximate surface area is 176 Å². The summed E-state index contributed by atoms with van der Waals surface area (Å²) in [6.07, 6.45) is 2.69. The Morgan fingerprint density at radius 1 is 1.12 bits per heavy atom. The van der Waals surface area contributed by atoms with Gasteiger partial charge in [0.2, 0.25) is 0 Å². The molecule has 0 amide bonds. The number of hydrogen-bond donors (Lipinski definition) is 2. The van der Waals surface area contributed by atoms with Crippen molar-refractivity contribution in [3.63, 3.8) is 0 Å². The molecule has 0 saturated heterocycles. The molecule has 0 unspecified atom stereocenters. The predicted octanol–water partition coefficient (Wildman–Crippen LogP) is 4.15. The summed E-state index contributed by atoms with van der Waals surface area (Å²) in [4.78, 5) is 8.63. The van der Waals surface area contributed by atoms with Crippen molar-refractivity contribution in [3.8, 4) is 0 Å². The third kappa shape index (κ3) is 6.93. The van der Waals surface area contributed by atoms with Gasteiger partial charge in [-0.1, -0.05) is 54.0 Å². The van der Waals surface area contributed by atoms with Gasteiger partial charge in [-0.05, 0) is 23.8 Å². The van der Waals surface area contributed by atoms with Crippen LogP contribution in [0.2, 0.25) is 0 Å². The highest BCUT2D eigenvalue weighted by Crippen LogP contribution is 2.29. The Balaban J connectivity index is 0.00000312. The highest BCUT2D eigenvalue weighted by molar-refractivity contribution is 14.0. The minimum Gasteiger partial charge on any atom is -0.356 e. The molecule has 2 N–H and O–H groups in total. The topological polar surface area (TPSA) is 49.3 Å². The Morgan fingerprint density at radius 2 is 1.84 bits per heavy atom. The molecule has 4 nitrogen and oxygen atoms in total. The van der Waals surface area contributed by atoms with Crippen molar-refractivity contribution in [2.45, 2.75) is 25.7 Å². The summed E-state index contributed by atoms with van der Waals surface area (Å²) < 4.78 is 1.13. The van der Waals surface area contributed by atoms with E-state index in [-0.39, 0.29) is 29.4 Å². The van der Waals surface area contributed by atoms with Crippen molar-refractivity contribution < 1.29 is 0 Å². The molecule has 1 aromatic carbocycles. The smallest absolute Gasteiger partial charge is 0.191 e. The lowest BCUT2D eigenvalue weighted by atomic mass is 9.84. The standard InChI is InChI=1S/C19H25BrN4.HI/c1-19(2,16-9-4-5-10-17(16)20)14-24-18(21-3)23-13-11-15-8-6-7-12-22-15;/h4-10,12H,11,13-14H2,1-3H3,(H2,21,23,24);1H. The van der Waals surface area contributed by atoms with E-state index in [1.54, 1.807) is 7.05 Å². The average molecular weight is 517 g/mol. The monoisotopic (exact) mass is 516 g/mol. The van der Waals surface area contributed by atoms with Crippen LogP contribution in [0.1, 0.15) is 25.1 Å². The summed E-state index contributed by atoms with van der Waals surface area (Å²) >= 11 is 3.64. The molecular weight excluding hydrogens is 491 g/mol. The predicted molar refractivity (Wildman–Crippen MR) is 120 cm³/mol. The summed E-state index contributed by atoms with van der Waals surface area (Å²) in [5, 5.41) is 6.76. The molecule has 1 aromatic heterocycles. The second kappa shape index (κ2) is 10.8. The van der Waals surface area contributed by atoms with Gasteiger partial charge in [0.15, 0.2) is 5.96 Å². The van der Waals surface area contributed by atoms with Crippen LogP contribution in [0.4, 0.5) is 0 Å². The molecule has 0 aliphatic heterocycles. The first-order valence-corrected chi connectivity index (χ1v) is 8.91. The second-order valence-corrected chi connectivity index (χ2v) is 7.14. The van der Waals surface area contributed by atoms with Crippen molar-refractivity contribution in [3.05, 3.63) is 64.4 Å². The van der Waals surface area contributed by atoms with Crippen LogP contribution in [-0.2, 0) is 11.8 Å². The summed E-state index contributed by atoms with van der Waals surface area (Å²) in [6.45, 7) is 6.04. The minimum absolute atomic E-state index is 0. The molecule has 0 aliphatic carbocycles. The number of aromatic nitrogens is 1. The third-order valence-corrected chi connectivity index (χ3v) is 4.62. The molecule has 0 spiro atoms. The summed E-state index contributed by atoms with van der Waals surface area (Å²) in [5.74, 6) is 0.811. The number of guanidine groups is 1. The maximum Gasteiger partial charge on any atom is 0.191 e. The SMILES string of the molecule is CN=C(NCCc1ccccn1)NCC(C)(C)c1ccccc1Br.I. The van der Waals surface area contributed by atoms with E-state index in [1.807, 2.05) is 30.5 Å². The van der Waals surface area contributed by atoms with E-state index in [2.05, 4.69) is 68.6 Å². The fourth-order valence-corrected chi connectivity index (χ4v) is 3.31. The first-order chi connectivity index (χ1) is 11.5. The van der Waals surface area contributed by atoms with Crippen LogP contribution in [0.5, 0.6) is 0 Å². The first kappa shape index (κ1) is 21.9. The molecule has 25 heavy (non-hydrogen) atoms. The number of hydrogen-bond acceptors (Lipinski definition) is 2. The maximum atomic E-state index is 4.33. The van der Waals surface area contributed by atoms with Gasteiger partial charge in [-0.25, -0.2) is 0 Å². The highest BCUT2D eigenvalue weighted by Gasteiger charge is 2.23. The highest BCUT2D eigenvalue weighted by atomic mass is 127. The number of nitrogens with zero attached hydrogens (tertiary/aromatic N) is 2. The summed E-state index contributed by atoms with van der Waals surface area (Å²) in [7, 11) is 1.79. The van der Waals surface area contributed by atoms with Crippen LogP contribution in [0.3, 0.4) is 0 Å². The lowest BCUT2D eigenvalue weighted by molar-refractivity contribution is 0.506. The quantitative estimate of drug-likeness (QED) is 0.344. The van der Waals surface area contributed by atoms with E-state index in [9.17, 15) is 0 Å². The number of pyridine rings is 1. The van der Waals surface area contributed by atoms with Crippen LogP contribution in [-0.4, -0.2) is 31.1 Å². The van der Waals surface area contributed by atoms with Crippen molar-refractivity contribution >= 4 is 45.9 Å². The molecule has 1 heterocycles. The second-order valence-electron chi connectivity index (χ2n) is 6.29. The van der Waals surface area contributed by atoms with Crippen LogP contribution in [0.25, 0.3) is 0 Å². The number of rotatable bonds is 6. The van der Waals surface area contributed by atoms with Gasteiger partial charge in [0.05, 0.1) is 0 Å². The summed E-state index contributed by atoms with van der Waals surface area (Å²) in [5.41, 5.74) is 2.34. The van der Waals surface area contributed by atoms with E-state index in [0.29, 0.717) is 0 Å². The van der Waals surface area contributed by atoms with Gasteiger partial charge < -0.3 is 10.6 Å². The molecule has 6 heteroatoms. The Bertz CT molecular complexity index is 674. The zero-order chi connectivity index (χ0) is 17.4. The third-order valence-electron chi connectivity index (χ3n) is 3.92. The van der Waals surface area contributed by atoms with E-state index in [1.165, 1.54) is 5.56 Å².